The van der Waals surface area contributed by atoms with Gasteiger partial charge in [-0.1, -0.05) is 31.2 Å². The highest BCUT2D eigenvalue weighted by Crippen LogP contribution is 2.13. The molecule has 0 saturated heterocycles. The van der Waals surface area contributed by atoms with Gasteiger partial charge in [-0.15, -0.1) is 0 Å². The molecule has 192 valence electrons. The molecule has 36 heavy (non-hydrogen) atoms. The van der Waals surface area contributed by atoms with Crippen LogP contribution in [-0.2, 0) is 24.2 Å². The minimum absolute atomic E-state index is 0.00475. The van der Waals surface area contributed by atoms with Crippen LogP contribution >= 0.6 is 0 Å². The van der Waals surface area contributed by atoms with Crippen molar-refractivity contribution >= 4 is 11.7 Å². The van der Waals surface area contributed by atoms with E-state index in [-0.39, 0.29) is 31.6 Å². The van der Waals surface area contributed by atoms with Gasteiger partial charge in [0, 0.05) is 37.7 Å². The number of benzene rings is 2. The number of Topliss-reactive ketones (excluding diaryl/α,β-unsaturated/α-hetero) is 1. The van der Waals surface area contributed by atoms with Gasteiger partial charge >= 0.3 is 0 Å². The molecule has 1 heterocycles. The van der Waals surface area contributed by atoms with Gasteiger partial charge in [-0.25, -0.2) is 8.78 Å². The van der Waals surface area contributed by atoms with Crippen molar-refractivity contribution in [2.75, 3.05) is 6.54 Å². The van der Waals surface area contributed by atoms with Gasteiger partial charge in [-0.3, -0.25) is 9.59 Å². The standard InChI is InChI=1S/C28H33F2N3O3/c1-3-19-5-4-6-20(11-19)16-31-17-27(35)25(14-21-12-22(29)15-23(30)13-21)33-28(36)10-9-26(34)24-8-7-18(2)32-24/h4-8,11-13,15,25,27,31-32,35H,3,9-10,14,16-17H2,1-2H3,(H,33,36)/t25-,27+/m0/s1. The number of aromatic nitrogens is 1. The Morgan fingerprint density at radius 3 is 2.36 bits per heavy atom. The van der Waals surface area contributed by atoms with E-state index in [2.05, 4.69) is 28.6 Å². The Kier molecular flexibility index (Phi) is 9.90. The van der Waals surface area contributed by atoms with Crippen LogP contribution in [0.15, 0.2) is 54.6 Å². The van der Waals surface area contributed by atoms with Crippen LogP contribution in [0.25, 0.3) is 0 Å². The van der Waals surface area contributed by atoms with Crippen LogP contribution in [-0.4, -0.2) is 40.5 Å². The van der Waals surface area contributed by atoms with E-state index in [0.29, 0.717) is 17.8 Å². The molecule has 3 rings (SSSR count). The van der Waals surface area contributed by atoms with Crippen molar-refractivity contribution in [2.24, 2.45) is 0 Å². The smallest absolute Gasteiger partial charge is 0.220 e. The second-order valence-electron chi connectivity index (χ2n) is 9.01. The first-order valence-corrected chi connectivity index (χ1v) is 12.1. The van der Waals surface area contributed by atoms with Crippen LogP contribution in [0.4, 0.5) is 8.78 Å². The maximum absolute atomic E-state index is 13.7. The average molecular weight is 498 g/mol. The molecular weight excluding hydrogens is 464 g/mol. The van der Waals surface area contributed by atoms with Gasteiger partial charge in [0.1, 0.15) is 11.6 Å². The zero-order chi connectivity index (χ0) is 26.1. The summed E-state index contributed by atoms with van der Waals surface area (Å²) >= 11 is 0. The van der Waals surface area contributed by atoms with Crippen molar-refractivity contribution in [2.45, 2.75) is 58.2 Å². The molecular formula is C28H33F2N3O3. The Labute approximate surface area is 210 Å². The summed E-state index contributed by atoms with van der Waals surface area (Å²) < 4.78 is 27.4. The molecule has 1 amide bonds. The fourth-order valence-corrected chi connectivity index (χ4v) is 4.04. The fourth-order valence-electron chi connectivity index (χ4n) is 4.04. The van der Waals surface area contributed by atoms with Gasteiger partial charge in [0.2, 0.25) is 5.91 Å². The number of ketones is 1. The summed E-state index contributed by atoms with van der Waals surface area (Å²) in [6.07, 6.45) is -0.167. The Hall–Kier alpha value is -3.36. The summed E-state index contributed by atoms with van der Waals surface area (Å²) in [7, 11) is 0. The maximum Gasteiger partial charge on any atom is 0.220 e. The lowest BCUT2D eigenvalue weighted by Crippen LogP contribution is -2.48. The first-order valence-electron chi connectivity index (χ1n) is 12.1. The molecule has 6 nitrogen and oxygen atoms in total. The van der Waals surface area contributed by atoms with Crippen molar-refractivity contribution in [1.29, 1.82) is 0 Å². The second-order valence-corrected chi connectivity index (χ2v) is 9.01. The van der Waals surface area contributed by atoms with Crippen molar-refractivity contribution < 1.29 is 23.5 Å². The number of hydrogen-bond donors (Lipinski definition) is 4. The number of aliphatic hydroxyl groups excluding tert-OH is 1. The second kappa shape index (κ2) is 13.1. The van der Waals surface area contributed by atoms with Gasteiger partial charge < -0.3 is 20.7 Å². The predicted molar refractivity (Wildman–Crippen MR) is 135 cm³/mol. The summed E-state index contributed by atoms with van der Waals surface area (Å²) in [5.74, 6) is -2.09. The number of nitrogens with one attached hydrogen (secondary N) is 3. The molecule has 2 atom stereocenters. The molecule has 0 unspecified atom stereocenters. The lowest BCUT2D eigenvalue weighted by atomic mass is 10.00. The Balaban J connectivity index is 1.61. The van der Waals surface area contributed by atoms with Gasteiger partial charge in [0.05, 0.1) is 17.8 Å². The highest BCUT2D eigenvalue weighted by atomic mass is 19.1. The molecule has 1 aromatic heterocycles. The number of carbonyl (C=O) groups excluding carboxylic acids is 2. The van der Waals surface area contributed by atoms with E-state index < -0.39 is 29.7 Å². The normalized spacial score (nSPS) is 12.8. The number of halogens is 2. The molecule has 4 N–H and O–H groups in total. The highest BCUT2D eigenvalue weighted by molar-refractivity contribution is 5.96. The molecule has 0 saturated carbocycles. The molecule has 3 aromatic rings. The number of rotatable bonds is 13. The molecule has 0 fully saturated rings. The van der Waals surface area contributed by atoms with Crippen molar-refractivity contribution in [3.63, 3.8) is 0 Å². The minimum atomic E-state index is -1.03. The molecule has 0 aliphatic heterocycles. The number of amides is 1. The van der Waals surface area contributed by atoms with E-state index in [0.717, 1.165) is 23.7 Å². The number of carbonyl (C=O) groups is 2. The van der Waals surface area contributed by atoms with Crippen LogP contribution in [0.2, 0.25) is 0 Å². The SMILES string of the molecule is CCc1cccc(CNC[C@@H](O)[C@H](Cc2cc(F)cc(F)c2)NC(=O)CCC(=O)c2ccc(C)[nH]2)c1. The van der Waals surface area contributed by atoms with E-state index >= 15 is 0 Å². The quantitative estimate of drug-likeness (QED) is 0.269. The Morgan fingerprint density at radius 2 is 1.69 bits per heavy atom. The highest BCUT2D eigenvalue weighted by Gasteiger charge is 2.23. The molecule has 0 spiro atoms. The molecule has 0 radical (unpaired) electrons. The summed E-state index contributed by atoms with van der Waals surface area (Å²) in [5.41, 5.74) is 3.86. The molecule has 8 heteroatoms. The Bertz CT molecular complexity index is 1160. The third kappa shape index (κ3) is 8.39. The molecule has 2 aromatic carbocycles. The van der Waals surface area contributed by atoms with Crippen LogP contribution < -0.4 is 10.6 Å². The van der Waals surface area contributed by atoms with Gasteiger partial charge in [0.25, 0.3) is 0 Å². The van der Waals surface area contributed by atoms with Crippen molar-refractivity contribution in [1.82, 2.24) is 15.6 Å². The number of H-pyrrole nitrogens is 1. The monoisotopic (exact) mass is 497 g/mol. The lowest BCUT2D eigenvalue weighted by molar-refractivity contribution is -0.122. The summed E-state index contributed by atoms with van der Waals surface area (Å²) in [6.45, 7) is 4.58. The molecule has 0 aliphatic carbocycles. The number of hydrogen-bond acceptors (Lipinski definition) is 4. The Morgan fingerprint density at radius 1 is 0.972 bits per heavy atom. The zero-order valence-electron chi connectivity index (χ0n) is 20.6. The average Bonchev–Trinajstić information content (AvgIpc) is 3.28. The molecule has 0 aliphatic rings. The van der Waals surface area contributed by atoms with E-state index in [4.69, 9.17) is 0 Å². The minimum Gasteiger partial charge on any atom is -0.390 e. The van der Waals surface area contributed by atoms with Crippen LogP contribution in [0.5, 0.6) is 0 Å². The largest absolute Gasteiger partial charge is 0.390 e. The van der Waals surface area contributed by atoms with Crippen LogP contribution in [0, 0.1) is 18.6 Å². The van der Waals surface area contributed by atoms with Crippen LogP contribution in [0.1, 0.15) is 52.6 Å². The zero-order valence-corrected chi connectivity index (χ0v) is 20.6. The third-order valence-electron chi connectivity index (χ3n) is 5.98. The number of aliphatic hydroxyl groups is 1. The van der Waals surface area contributed by atoms with Crippen molar-refractivity contribution in [3.05, 3.63) is 94.3 Å². The summed E-state index contributed by atoms with van der Waals surface area (Å²) in [6, 6.07) is 13.8. The first kappa shape index (κ1) is 27.2. The van der Waals surface area contributed by atoms with Gasteiger partial charge in [-0.2, -0.15) is 0 Å². The van der Waals surface area contributed by atoms with Gasteiger partial charge in [-0.05, 0) is 60.7 Å². The lowest BCUT2D eigenvalue weighted by Gasteiger charge is -2.25. The molecule has 0 bridgehead atoms. The third-order valence-corrected chi connectivity index (χ3v) is 5.98. The first-order chi connectivity index (χ1) is 17.2. The summed E-state index contributed by atoms with van der Waals surface area (Å²) in [5, 5.41) is 16.8. The van der Waals surface area contributed by atoms with Crippen molar-refractivity contribution in [3.8, 4) is 0 Å². The van der Waals surface area contributed by atoms with E-state index in [1.54, 1.807) is 12.1 Å². The topological polar surface area (TPSA) is 94.2 Å². The maximum atomic E-state index is 13.7. The van der Waals surface area contributed by atoms with Gasteiger partial charge in [0.15, 0.2) is 5.78 Å². The fraction of sp³-hybridized carbons (Fsp3) is 0.357. The number of aryl methyl sites for hydroxylation is 2. The van der Waals surface area contributed by atoms with Crippen LogP contribution in [0.3, 0.4) is 0 Å². The van der Waals surface area contributed by atoms with E-state index in [1.165, 1.54) is 17.7 Å². The summed E-state index contributed by atoms with van der Waals surface area (Å²) in [4.78, 5) is 27.9. The van der Waals surface area contributed by atoms with E-state index in [1.807, 2.05) is 25.1 Å². The predicted octanol–water partition coefficient (Wildman–Crippen LogP) is 4.00. The van der Waals surface area contributed by atoms with E-state index in [9.17, 15) is 23.5 Å². The number of aromatic amines is 1.